The van der Waals surface area contributed by atoms with E-state index >= 15 is 0 Å². The van der Waals surface area contributed by atoms with Gasteiger partial charge in [0.15, 0.2) is 34.4 Å². The van der Waals surface area contributed by atoms with Crippen LogP contribution in [0, 0.1) is 0 Å². The maximum absolute atomic E-state index is 5.84. The van der Waals surface area contributed by atoms with Crippen LogP contribution in [0.3, 0.4) is 0 Å². The van der Waals surface area contributed by atoms with Gasteiger partial charge in [0.2, 0.25) is 0 Å². The number of aromatic nitrogens is 4. The summed E-state index contributed by atoms with van der Waals surface area (Å²) in [5, 5.41) is 1.93. The Labute approximate surface area is 106 Å². The summed E-state index contributed by atoms with van der Waals surface area (Å²) in [6.07, 6.45) is 0. The van der Waals surface area contributed by atoms with E-state index in [4.69, 9.17) is 17.2 Å². The molecule has 18 heavy (non-hydrogen) atoms. The van der Waals surface area contributed by atoms with Gasteiger partial charge in [-0.1, -0.05) is 6.07 Å². The molecule has 3 heterocycles. The van der Waals surface area contributed by atoms with Gasteiger partial charge in [-0.05, 0) is 11.4 Å². The van der Waals surface area contributed by atoms with Gasteiger partial charge in [-0.3, -0.25) is 0 Å². The molecule has 3 aromatic rings. The second-order valence-corrected chi connectivity index (χ2v) is 4.52. The fraction of sp³-hybridized carbons (Fsp3) is 0. The molecular formula is C10H9N7S. The first-order chi connectivity index (χ1) is 8.65. The zero-order chi connectivity index (χ0) is 12.7. The molecule has 8 heteroatoms. The number of rotatable bonds is 1. The second-order valence-electron chi connectivity index (χ2n) is 3.58. The van der Waals surface area contributed by atoms with Gasteiger partial charge < -0.3 is 17.2 Å². The molecule has 0 saturated carbocycles. The summed E-state index contributed by atoms with van der Waals surface area (Å²) in [4.78, 5) is 17.5. The van der Waals surface area contributed by atoms with Gasteiger partial charge in [0.05, 0.1) is 4.88 Å². The third kappa shape index (κ3) is 1.59. The summed E-state index contributed by atoms with van der Waals surface area (Å²) in [6, 6.07) is 3.81. The highest BCUT2D eigenvalue weighted by Gasteiger charge is 2.12. The molecule has 0 amide bonds. The number of thiophene rings is 1. The molecule has 0 fully saturated rings. The Morgan fingerprint density at radius 3 is 2.39 bits per heavy atom. The average Bonchev–Trinajstić information content (AvgIpc) is 2.85. The van der Waals surface area contributed by atoms with Gasteiger partial charge in [0.25, 0.3) is 0 Å². The van der Waals surface area contributed by atoms with Crippen LogP contribution in [0.25, 0.3) is 21.9 Å². The minimum absolute atomic E-state index is 0.127. The van der Waals surface area contributed by atoms with Crippen LogP contribution in [0.5, 0.6) is 0 Å². The Morgan fingerprint density at radius 2 is 1.67 bits per heavy atom. The molecule has 0 bridgehead atoms. The highest BCUT2D eigenvalue weighted by Crippen LogP contribution is 2.25. The smallest absolute Gasteiger partial charge is 0.186 e. The topological polar surface area (TPSA) is 130 Å². The minimum Gasteiger partial charge on any atom is -0.382 e. The predicted octanol–water partition coefficient (Wildman–Crippen LogP) is 0.895. The lowest BCUT2D eigenvalue weighted by Gasteiger charge is -2.05. The average molecular weight is 259 g/mol. The molecule has 0 saturated heterocycles. The first-order valence-electron chi connectivity index (χ1n) is 5.05. The predicted molar refractivity (Wildman–Crippen MR) is 71.7 cm³/mol. The van der Waals surface area contributed by atoms with Crippen LogP contribution in [-0.2, 0) is 0 Å². The number of nitrogens with two attached hydrogens (primary N) is 3. The van der Waals surface area contributed by atoms with Crippen molar-refractivity contribution < 1.29 is 0 Å². The van der Waals surface area contributed by atoms with Crippen LogP contribution >= 0.6 is 11.3 Å². The number of nitrogens with zero attached hydrogens (tertiary/aromatic N) is 4. The molecule has 0 unspecified atom stereocenters. The lowest BCUT2D eigenvalue weighted by atomic mass is 10.4. The SMILES string of the molecule is Nc1nc2nc(-c3cccs3)nc(N)c2nc1N. The summed E-state index contributed by atoms with van der Waals surface area (Å²) in [5.41, 5.74) is 17.7. The summed E-state index contributed by atoms with van der Waals surface area (Å²) in [7, 11) is 0. The zero-order valence-corrected chi connectivity index (χ0v) is 9.98. The number of hydrogen-bond acceptors (Lipinski definition) is 8. The lowest BCUT2D eigenvalue weighted by Crippen LogP contribution is -2.06. The minimum atomic E-state index is 0.127. The first kappa shape index (κ1) is 10.7. The van der Waals surface area contributed by atoms with Crippen LogP contribution in [-0.4, -0.2) is 19.9 Å². The maximum Gasteiger partial charge on any atom is 0.186 e. The molecule has 3 aromatic heterocycles. The Kier molecular flexibility index (Phi) is 2.23. The van der Waals surface area contributed by atoms with Crippen molar-refractivity contribution in [1.29, 1.82) is 0 Å². The summed E-state index contributed by atoms with van der Waals surface area (Å²) in [5.74, 6) is 1.01. The highest BCUT2D eigenvalue weighted by atomic mass is 32.1. The Morgan fingerprint density at radius 1 is 0.889 bits per heavy atom. The molecule has 0 aliphatic carbocycles. The van der Waals surface area contributed by atoms with Crippen molar-refractivity contribution in [3.05, 3.63) is 17.5 Å². The standard InChI is InChI=1S/C10H9N7S/c11-6-5-10(16-8(13)7(12)14-5)17-9(15-6)4-2-1-3-18-4/h1-3H,(H2,12,14)(H4,11,13,15,16,17). The molecule has 3 rings (SSSR count). The Hall–Kier alpha value is -2.48. The van der Waals surface area contributed by atoms with Gasteiger partial charge in [-0.25, -0.2) is 19.9 Å². The molecular weight excluding hydrogens is 250 g/mol. The van der Waals surface area contributed by atoms with Crippen LogP contribution in [0.2, 0.25) is 0 Å². The van der Waals surface area contributed by atoms with E-state index in [-0.39, 0.29) is 17.5 Å². The van der Waals surface area contributed by atoms with Crippen molar-refractivity contribution in [2.24, 2.45) is 0 Å². The van der Waals surface area contributed by atoms with Crippen LogP contribution < -0.4 is 17.2 Å². The summed E-state index contributed by atoms with van der Waals surface area (Å²) in [6.45, 7) is 0. The largest absolute Gasteiger partial charge is 0.382 e. The molecule has 0 atom stereocenters. The zero-order valence-electron chi connectivity index (χ0n) is 9.16. The number of nitrogen functional groups attached to an aromatic ring is 3. The first-order valence-corrected chi connectivity index (χ1v) is 5.93. The number of fused-ring (bicyclic) bond motifs is 1. The number of hydrogen-bond donors (Lipinski definition) is 3. The fourth-order valence-electron chi connectivity index (χ4n) is 1.51. The van der Waals surface area contributed by atoms with E-state index in [1.807, 2.05) is 17.5 Å². The van der Waals surface area contributed by atoms with Gasteiger partial charge >= 0.3 is 0 Å². The lowest BCUT2D eigenvalue weighted by molar-refractivity contribution is 1.17. The van der Waals surface area contributed by atoms with Crippen molar-refractivity contribution in [2.75, 3.05) is 17.2 Å². The Balaban J connectivity index is 2.30. The van der Waals surface area contributed by atoms with E-state index in [2.05, 4.69) is 19.9 Å². The molecule has 0 spiro atoms. The van der Waals surface area contributed by atoms with Crippen molar-refractivity contribution in [3.63, 3.8) is 0 Å². The number of anilines is 3. The van der Waals surface area contributed by atoms with Crippen LogP contribution in [0.1, 0.15) is 0 Å². The van der Waals surface area contributed by atoms with E-state index < -0.39 is 0 Å². The Bertz CT molecular complexity index is 723. The molecule has 0 aliphatic heterocycles. The van der Waals surface area contributed by atoms with Gasteiger partial charge in [0.1, 0.15) is 0 Å². The van der Waals surface area contributed by atoms with E-state index in [1.165, 1.54) is 11.3 Å². The van der Waals surface area contributed by atoms with Crippen LogP contribution in [0.4, 0.5) is 17.5 Å². The maximum atomic E-state index is 5.84. The van der Waals surface area contributed by atoms with E-state index in [1.54, 1.807) is 0 Å². The van der Waals surface area contributed by atoms with Crippen molar-refractivity contribution >= 4 is 40.0 Å². The van der Waals surface area contributed by atoms with Crippen molar-refractivity contribution in [3.8, 4) is 10.7 Å². The van der Waals surface area contributed by atoms with Gasteiger partial charge in [0, 0.05) is 0 Å². The third-order valence-electron chi connectivity index (χ3n) is 2.36. The van der Waals surface area contributed by atoms with Crippen LogP contribution in [0.15, 0.2) is 17.5 Å². The fourth-order valence-corrected chi connectivity index (χ4v) is 2.17. The monoisotopic (exact) mass is 259 g/mol. The molecule has 0 aliphatic rings. The third-order valence-corrected chi connectivity index (χ3v) is 3.22. The van der Waals surface area contributed by atoms with Gasteiger partial charge in [-0.15, -0.1) is 11.3 Å². The van der Waals surface area contributed by atoms with Crippen molar-refractivity contribution in [1.82, 2.24) is 19.9 Å². The van der Waals surface area contributed by atoms with Crippen molar-refractivity contribution in [2.45, 2.75) is 0 Å². The molecule has 7 nitrogen and oxygen atoms in total. The van der Waals surface area contributed by atoms with E-state index in [0.717, 1.165) is 4.88 Å². The highest BCUT2D eigenvalue weighted by molar-refractivity contribution is 7.13. The summed E-state index contributed by atoms with van der Waals surface area (Å²) >= 11 is 1.52. The quantitative estimate of drug-likeness (QED) is 0.591. The second kappa shape index (κ2) is 3.77. The molecule has 0 radical (unpaired) electrons. The van der Waals surface area contributed by atoms with Gasteiger partial charge in [-0.2, -0.15) is 0 Å². The van der Waals surface area contributed by atoms with E-state index in [9.17, 15) is 0 Å². The molecule has 0 aromatic carbocycles. The summed E-state index contributed by atoms with van der Waals surface area (Å²) < 4.78 is 0. The molecule has 90 valence electrons. The normalized spacial score (nSPS) is 10.9. The van der Waals surface area contributed by atoms with E-state index in [0.29, 0.717) is 17.0 Å². The molecule has 6 N–H and O–H groups in total.